The first-order chi connectivity index (χ1) is 9.54. The highest BCUT2D eigenvalue weighted by atomic mass is 32.2. The minimum atomic E-state index is -4.62. The van der Waals surface area contributed by atoms with E-state index in [1.54, 1.807) is 0 Å². The third kappa shape index (κ3) is 5.01. The zero-order valence-corrected chi connectivity index (χ0v) is 12.2. The first-order valence-electron chi connectivity index (χ1n) is 5.96. The lowest BCUT2D eigenvalue weighted by atomic mass is 10.1. The SMILES string of the molecule is CC(=O)NCCNS(=O)(=O)c1ccc(C)c(C(F)(F)F)c1. The Morgan fingerprint density at radius 3 is 2.38 bits per heavy atom. The molecule has 9 heteroatoms. The third-order valence-electron chi connectivity index (χ3n) is 2.62. The van der Waals surface area contributed by atoms with Crippen molar-refractivity contribution in [1.29, 1.82) is 0 Å². The van der Waals surface area contributed by atoms with Gasteiger partial charge >= 0.3 is 6.18 Å². The highest BCUT2D eigenvalue weighted by molar-refractivity contribution is 7.89. The molecule has 5 nitrogen and oxygen atoms in total. The lowest BCUT2D eigenvalue weighted by Gasteiger charge is -2.13. The number of rotatable bonds is 5. The van der Waals surface area contributed by atoms with E-state index in [1.807, 2.05) is 0 Å². The van der Waals surface area contributed by atoms with Crippen LogP contribution >= 0.6 is 0 Å². The first-order valence-corrected chi connectivity index (χ1v) is 7.44. The van der Waals surface area contributed by atoms with Crippen molar-refractivity contribution in [3.05, 3.63) is 29.3 Å². The van der Waals surface area contributed by atoms with Crippen molar-refractivity contribution < 1.29 is 26.4 Å². The molecular formula is C12H15F3N2O3S. The summed E-state index contributed by atoms with van der Waals surface area (Å²) in [4.78, 5) is 10.1. The molecule has 0 fully saturated rings. The Hall–Kier alpha value is -1.61. The molecule has 0 atom stereocenters. The number of nitrogens with one attached hydrogen (secondary N) is 2. The first kappa shape index (κ1) is 17.4. The van der Waals surface area contributed by atoms with Crippen molar-refractivity contribution >= 4 is 15.9 Å². The number of sulfonamides is 1. The maximum absolute atomic E-state index is 12.7. The lowest BCUT2D eigenvalue weighted by Crippen LogP contribution is -2.33. The van der Waals surface area contributed by atoms with Crippen molar-refractivity contribution in [2.24, 2.45) is 0 Å². The van der Waals surface area contributed by atoms with Gasteiger partial charge in [-0.15, -0.1) is 0 Å². The fraction of sp³-hybridized carbons (Fsp3) is 0.417. The fourth-order valence-corrected chi connectivity index (χ4v) is 2.64. The Morgan fingerprint density at radius 1 is 1.24 bits per heavy atom. The molecule has 1 amide bonds. The number of alkyl halides is 3. The summed E-state index contributed by atoms with van der Waals surface area (Å²) in [6, 6.07) is 2.80. The van der Waals surface area contributed by atoms with E-state index in [4.69, 9.17) is 0 Å². The summed E-state index contributed by atoms with van der Waals surface area (Å²) < 4.78 is 64.1. The molecule has 0 heterocycles. The van der Waals surface area contributed by atoms with E-state index in [0.29, 0.717) is 6.07 Å². The minimum Gasteiger partial charge on any atom is -0.355 e. The molecule has 21 heavy (non-hydrogen) atoms. The quantitative estimate of drug-likeness (QED) is 0.805. The van der Waals surface area contributed by atoms with Gasteiger partial charge in [-0.2, -0.15) is 13.2 Å². The van der Waals surface area contributed by atoms with Crippen molar-refractivity contribution in [3.63, 3.8) is 0 Å². The van der Waals surface area contributed by atoms with Gasteiger partial charge in [-0.05, 0) is 24.6 Å². The van der Waals surface area contributed by atoms with E-state index in [9.17, 15) is 26.4 Å². The summed E-state index contributed by atoms with van der Waals surface area (Å²) in [6.45, 7) is 2.46. The molecule has 0 saturated carbocycles. The predicted octanol–water partition coefficient (Wildman–Crippen LogP) is 1.43. The monoisotopic (exact) mass is 324 g/mol. The van der Waals surface area contributed by atoms with Crippen LogP contribution in [0.5, 0.6) is 0 Å². The van der Waals surface area contributed by atoms with Crippen LogP contribution in [0.25, 0.3) is 0 Å². The highest BCUT2D eigenvalue weighted by Crippen LogP contribution is 2.33. The second-order valence-electron chi connectivity index (χ2n) is 4.36. The van der Waals surface area contributed by atoms with Gasteiger partial charge in [0.15, 0.2) is 0 Å². The molecular weight excluding hydrogens is 309 g/mol. The third-order valence-corrected chi connectivity index (χ3v) is 4.07. The van der Waals surface area contributed by atoms with E-state index in [2.05, 4.69) is 10.0 Å². The highest BCUT2D eigenvalue weighted by Gasteiger charge is 2.33. The van der Waals surface area contributed by atoms with Gasteiger partial charge in [-0.25, -0.2) is 13.1 Å². The number of benzene rings is 1. The van der Waals surface area contributed by atoms with Crippen LogP contribution in [0.3, 0.4) is 0 Å². The van der Waals surface area contributed by atoms with E-state index in [0.717, 1.165) is 12.1 Å². The van der Waals surface area contributed by atoms with E-state index in [1.165, 1.54) is 13.8 Å². The molecule has 0 unspecified atom stereocenters. The smallest absolute Gasteiger partial charge is 0.355 e. The molecule has 0 aliphatic carbocycles. The molecule has 1 rings (SSSR count). The van der Waals surface area contributed by atoms with Crippen molar-refractivity contribution in [3.8, 4) is 0 Å². The van der Waals surface area contributed by atoms with Crippen LogP contribution < -0.4 is 10.0 Å². The van der Waals surface area contributed by atoms with Crippen LogP contribution in [-0.4, -0.2) is 27.4 Å². The van der Waals surface area contributed by atoms with Crippen LogP contribution in [0, 0.1) is 6.92 Å². The van der Waals surface area contributed by atoms with Crippen molar-refractivity contribution in [2.45, 2.75) is 24.9 Å². The number of hydrogen-bond donors (Lipinski definition) is 2. The normalized spacial score (nSPS) is 12.2. The summed E-state index contributed by atoms with van der Waals surface area (Å²) in [5.74, 6) is -0.330. The molecule has 0 aromatic heterocycles. The molecule has 1 aromatic carbocycles. The molecule has 0 aliphatic heterocycles. The average Bonchev–Trinajstić information content (AvgIpc) is 2.33. The average molecular weight is 324 g/mol. The minimum absolute atomic E-state index is 0.0482. The summed E-state index contributed by atoms with van der Waals surface area (Å²) >= 11 is 0. The van der Waals surface area contributed by atoms with Crippen LogP contribution in [-0.2, 0) is 21.0 Å². The maximum atomic E-state index is 12.7. The standard InChI is InChI=1S/C12H15F3N2O3S/c1-8-3-4-10(7-11(8)12(13,14)15)21(19,20)17-6-5-16-9(2)18/h3-4,7,17H,5-6H2,1-2H3,(H,16,18). The van der Waals surface area contributed by atoms with Crippen LogP contribution in [0.4, 0.5) is 13.2 Å². The Balaban J connectivity index is 2.91. The predicted molar refractivity (Wildman–Crippen MR) is 70.1 cm³/mol. The van der Waals surface area contributed by atoms with Crippen LogP contribution in [0.1, 0.15) is 18.1 Å². The van der Waals surface area contributed by atoms with Gasteiger partial charge in [-0.3, -0.25) is 4.79 Å². The molecule has 118 valence electrons. The lowest BCUT2D eigenvalue weighted by molar-refractivity contribution is -0.138. The molecule has 0 spiro atoms. The number of carbonyl (C=O) groups is 1. The number of amides is 1. The fourth-order valence-electron chi connectivity index (χ4n) is 1.58. The molecule has 1 aromatic rings. The van der Waals surface area contributed by atoms with Crippen LogP contribution in [0.15, 0.2) is 23.1 Å². The van der Waals surface area contributed by atoms with Gasteiger partial charge in [-0.1, -0.05) is 6.07 Å². The van der Waals surface area contributed by atoms with Gasteiger partial charge in [0.2, 0.25) is 15.9 Å². The Labute approximate surface area is 120 Å². The number of hydrogen-bond acceptors (Lipinski definition) is 3. The van der Waals surface area contributed by atoms with E-state index < -0.39 is 26.7 Å². The van der Waals surface area contributed by atoms with Crippen molar-refractivity contribution in [2.75, 3.05) is 13.1 Å². The molecule has 0 bridgehead atoms. The molecule has 0 aliphatic rings. The van der Waals surface area contributed by atoms with Gasteiger partial charge in [0.05, 0.1) is 10.5 Å². The Morgan fingerprint density at radius 2 is 1.86 bits per heavy atom. The van der Waals surface area contributed by atoms with E-state index >= 15 is 0 Å². The summed E-state index contributed by atoms with van der Waals surface area (Å²) in [5, 5.41) is 2.37. The zero-order valence-electron chi connectivity index (χ0n) is 11.4. The molecule has 0 radical (unpaired) electrons. The molecule has 2 N–H and O–H groups in total. The van der Waals surface area contributed by atoms with Gasteiger partial charge in [0, 0.05) is 20.0 Å². The maximum Gasteiger partial charge on any atom is 0.416 e. The second kappa shape index (κ2) is 6.44. The Bertz CT molecular complexity index is 627. The van der Waals surface area contributed by atoms with Gasteiger partial charge in [0.1, 0.15) is 0 Å². The zero-order chi connectivity index (χ0) is 16.3. The van der Waals surface area contributed by atoms with Gasteiger partial charge in [0.25, 0.3) is 0 Å². The number of carbonyl (C=O) groups excluding carboxylic acids is 1. The largest absolute Gasteiger partial charge is 0.416 e. The van der Waals surface area contributed by atoms with E-state index in [-0.39, 0.29) is 24.6 Å². The second-order valence-corrected chi connectivity index (χ2v) is 6.12. The van der Waals surface area contributed by atoms with Crippen molar-refractivity contribution in [1.82, 2.24) is 10.0 Å². The van der Waals surface area contributed by atoms with Crippen LogP contribution in [0.2, 0.25) is 0 Å². The number of aryl methyl sites for hydroxylation is 1. The van der Waals surface area contributed by atoms with Gasteiger partial charge < -0.3 is 5.32 Å². The summed E-state index contributed by atoms with van der Waals surface area (Å²) in [6.07, 6.45) is -4.62. The summed E-state index contributed by atoms with van der Waals surface area (Å²) in [5.41, 5.74) is -1.05. The Kier molecular flexibility index (Phi) is 5.35. The summed E-state index contributed by atoms with van der Waals surface area (Å²) in [7, 11) is -4.06. The molecule has 0 saturated heterocycles. The topological polar surface area (TPSA) is 75.3 Å². The number of halogens is 3.